The number of likely N-dealkylation sites (N-methyl/N-ethyl adjacent to an activating group) is 1. The molecule has 3 unspecified atom stereocenters. The van der Waals surface area contributed by atoms with Gasteiger partial charge in [-0.15, -0.1) is 0 Å². The molecule has 2 bridgehead atoms. The van der Waals surface area contributed by atoms with Gasteiger partial charge in [-0.25, -0.2) is 27.2 Å². The zero-order chi connectivity index (χ0) is 25.1. The number of piperidine rings is 1. The molecule has 5 rings (SSSR count). The van der Waals surface area contributed by atoms with Gasteiger partial charge in [0.1, 0.15) is 17.7 Å². The zero-order valence-corrected chi connectivity index (χ0v) is 21.5. The number of aryl methyl sites for hydroxylation is 1. The van der Waals surface area contributed by atoms with E-state index in [9.17, 15) is 13.2 Å². The van der Waals surface area contributed by atoms with Gasteiger partial charge in [-0.1, -0.05) is 17.7 Å². The molecule has 3 atom stereocenters. The number of nitrogens with zero attached hydrogens (tertiary/aromatic N) is 5. The number of rotatable bonds is 4. The zero-order valence-electron chi connectivity index (χ0n) is 20.7. The van der Waals surface area contributed by atoms with Crippen LogP contribution in [0.15, 0.2) is 47.8 Å². The Morgan fingerprint density at radius 2 is 1.83 bits per heavy atom. The lowest BCUT2D eigenvalue weighted by molar-refractivity contribution is 0.0171. The van der Waals surface area contributed by atoms with E-state index >= 15 is 0 Å². The third-order valence-electron chi connectivity index (χ3n) is 6.91. The monoisotopic (exact) mass is 497 g/mol. The average Bonchev–Trinajstić information content (AvgIpc) is 3.51. The van der Waals surface area contributed by atoms with Gasteiger partial charge < -0.3 is 14.5 Å². The summed E-state index contributed by atoms with van der Waals surface area (Å²) in [5, 5.41) is 0.650. The van der Waals surface area contributed by atoms with Gasteiger partial charge in [0.15, 0.2) is 5.65 Å². The number of anilines is 1. The first kappa shape index (κ1) is 23.6. The van der Waals surface area contributed by atoms with Crippen molar-refractivity contribution in [3.63, 3.8) is 0 Å². The maximum Gasteiger partial charge on any atom is 0.410 e. The largest absolute Gasteiger partial charge is 0.444 e. The van der Waals surface area contributed by atoms with Crippen LogP contribution in [0, 0.1) is 12.8 Å². The predicted octanol–water partition coefficient (Wildman–Crippen LogP) is 3.81. The van der Waals surface area contributed by atoms with Crippen molar-refractivity contribution < 1.29 is 17.9 Å². The van der Waals surface area contributed by atoms with Gasteiger partial charge >= 0.3 is 6.09 Å². The van der Waals surface area contributed by atoms with Gasteiger partial charge in [-0.2, -0.15) is 0 Å². The lowest BCUT2D eigenvalue weighted by Gasteiger charge is -2.39. The van der Waals surface area contributed by atoms with Gasteiger partial charge in [0.25, 0.3) is 10.0 Å². The Bertz CT molecular complexity index is 1380. The van der Waals surface area contributed by atoms with Crippen molar-refractivity contribution in [1.82, 2.24) is 18.8 Å². The van der Waals surface area contributed by atoms with Crippen LogP contribution >= 0.6 is 0 Å². The number of amides is 1. The van der Waals surface area contributed by atoms with Crippen LogP contribution in [0.1, 0.15) is 39.2 Å². The van der Waals surface area contributed by atoms with E-state index in [4.69, 9.17) is 4.74 Å². The number of ether oxygens (including phenoxy) is 1. The number of aromatic nitrogens is 3. The van der Waals surface area contributed by atoms with Crippen LogP contribution in [0.2, 0.25) is 0 Å². The van der Waals surface area contributed by atoms with Gasteiger partial charge in [-0.05, 0) is 64.7 Å². The van der Waals surface area contributed by atoms with Gasteiger partial charge in [0, 0.05) is 19.8 Å². The van der Waals surface area contributed by atoms with E-state index in [1.54, 1.807) is 30.3 Å². The highest BCUT2D eigenvalue weighted by atomic mass is 32.2. The highest BCUT2D eigenvalue weighted by Gasteiger charge is 2.50. The molecule has 1 amide bonds. The Hall–Kier alpha value is -3.14. The fraction of sp³-hybridized carbons (Fsp3) is 0.480. The fourth-order valence-corrected chi connectivity index (χ4v) is 6.61. The SMILES string of the molecule is Cc1ccc(S(=O)(=O)n2ccc3c(N(C)C4CC5CC4N(C(=O)OC(C)(C)C)C5)ncnc32)cc1. The first-order valence-electron chi connectivity index (χ1n) is 11.8. The molecule has 35 heavy (non-hydrogen) atoms. The summed E-state index contributed by atoms with van der Waals surface area (Å²) in [6, 6.07) is 8.57. The summed E-state index contributed by atoms with van der Waals surface area (Å²) in [6.07, 6.45) is 4.50. The number of fused-ring (bicyclic) bond motifs is 3. The summed E-state index contributed by atoms with van der Waals surface area (Å²) in [7, 11) is -1.86. The van der Waals surface area contributed by atoms with E-state index in [-0.39, 0.29) is 23.1 Å². The lowest BCUT2D eigenvalue weighted by Crippen LogP contribution is -2.52. The van der Waals surface area contributed by atoms with Crippen LogP contribution in [-0.4, -0.2) is 64.6 Å². The summed E-state index contributed by atoms with van der Waals surface area (Å²) in [5.41, 5.74) is 0.763. The minimum Gasteiger partial charge on any atom is -0.444 e. The highest BCUT2D eigenvalue weighted by Crippen LogP contribution is 2.42. The van der Waals surface area contributed by atoms with Crippen LogP contribution in [0.4, 0.5) is 10.6 Å². The van der Waals surface area contributed by atoms with Crippen LogP contribution < -0.4 is 4.90 Å². The third kappa shape index (κ3) is 4.13. The van der Waals surface area contributed by atoms with E-state index < -0.39 is 15.6 Å². The molecule has 10 heteroatoms. The molecule has 0 spiro atoms. The first-order chi connectivity index (χ1) is 16.5. The average molecular weight is 498 g/mol. The van der Waals surface area contributed by atoms with Gasteiger partial charge in [0.05, 0.1) is 22.4 Å². The Balaban J connectivity index is 1.46. The molecular weight excluding hydrogens is 466 g/mol. The van der Waals surface area contributed by atoms with E-state index in [2.05, 4.69) is 14.9 Å². The predicted molar refractivity (Wildman–Crippen MR) is 133 cm³/mol. The molecular formula is C25H31N5O4S. The topological polar surface area (TPSA) is 97.6 Å². The van der Waals surface area contributed by atoms with Crippen LogP contribution in [0.5, 0.6) is 0 Å². The molecule has 0 radical (unpaired) electrons. The number of benzene rings is 1. The normalized spacial score (nSPS) is 22.1. The molecule has 186 valence electrons. The van der Waals surface area contributed by atoms with Crippen LogP contribution in [0.3, 0.4) is 0 Å². The summed E-state index contributed by atoms with van der Waals surface area (Å²) in [5.74, 6) is 1.05. The lowest BCUT2D eigenvalue weighted by atomic mass is 10.0. The Morgan fingerprint density at radius 3 is 2.49 bits per heavy atom. The standard InChI is InChI=1S/C25H31N5O4S/c1-16-6-8-18(9-7-16)35(32,33)30-11-10-19-22(26-15-27-23(19)30)28(5)20-12-17-13-21(20)29(14-17)24(31)34-25(2,3)4/h6-11,15,17,20-21H,12-14H2,1-5H3. The quantitative estimate of drug-likeness (QED) is 0.541. The van der Waals surface area contributed by atoms with Crippen LogP contribution in [0.25, 0.3) is 11.0 Å². The molecule has 3 heterocycles. The van der Waals surface area contributed by atoms with Crippen molar-refractivity contribution in [2.45, 2.75) is 63.1 Å². The molecule has 1 saturated carbocycles. The summed E-state index contributed by atoms with van der Waals surface area (Å²) >= 11 is 0. The molecule has 1 aliphatic heterocycles. The maximum atomic E-state index is 13.3. The number of hydrogen-bond donors (Lipinski definition) is 0. The van der Waals surface area contributed by atoms with Crippen molar-refractivity contribution in [2.24, 2.45) is 5.92 Å². The molecule has 2 fully saturated rings. The first-order valence-corrected chi connectivity index (χ1v) is 13.3. The summed E-state index contributed by atoms with van der Waals surface area (Å²) < 4.78 is 33.5. The number of likely N-dealkylation sites (tertiary alicyclic amines) is 1. The molecule has 1 aromatic carbocycles. The van der Waals surface area contributed by atoms with E-state index in [0.717, 1.165) is 18.4 Å². The number of hydrogen-bond acceptors (Lipinski definition) is 7. The smallest absolute Gasteiger partial charge is 0.410 e. The number of carbonyl (C=O) groups is 1. The van der Waals surface area contributed by atoms with Crippen molar-refractivity contribution in [3.8, 4) is 0 Å². The molecule has 0 N–H and O–H groups in total. The molecule has 1 saturated heterocycles. The van der Waals surface area contributed by atoms with E-state index in [0.29, 0.717) is 29.3 Å². The minimum atomic E-state index is -3.81. The molecule has 2 aromatic heterocycles. The van der Waals surface area contributed by atoms with E-state index in [1.165, 1.54) is 16.5 Å². The number of carbonyl (C=O) groups excluding carboxylic acids is 1. The second kappa shape index (κ2) is 8.22. The Labute approximate surface area is 205 Å². The minimum absolute atomic E-state index is 0.0169. The Morgan fingerprint density at radius 1 is 1.11 bits per heavy atom. The molecule has 3 aromatic rings. The second-order valence-electron chi connectivity index (χ2n) is 10.6. The van der Waals surface area contributed by atoms with Gasteiger partial charge in [-0.3, -0.25) is 0 Å². The fourth-order valence-electron chi connectivity index (χ4n) is 5.31. The molecule has 2 aliphatic rings. The second-order valence-corrected chi connectivity index (χ2v) is 12.4. The molecule has 9 nitrogen and oxygen atoms in total. The summed E-state index contributed by atoms with van der Waals surface area (Å²) in [6.45, 7) is 8.23. The molecule has 1 aliphatic carbocycles. The highest BCUT2D eigenvalue weighted by molar-refractivity contribution is 7.90. The van der Waals surface area contributed by atoms with Crippen molar-refractivity contribution in [2.75, 3.05) is 18.5 Å². The Kier molecular flexibility index (Phi) is 5.54. The van der Waals surface area contributed by atoms with Crippen molar-refractivity contribution in [3.05, 3.63) is 48.4 Å². The van der Waals surface area contributed by atoms with Crippen LogP contribution in [-0.2, 0) is 14.8 Å². The van der Waals surface area contributed by atoms with Crippen molar-refractivity contribution in [1.29, 1.82) is 0 Å². The third-order valence-corrected chi connectivity index (χ3v) is 8.59. The summed E-state index contributed by atoms with van der Waals surface area (Å²) in [4.78, 5) is 25.8. The van der Waals surface area contributed by atoms with Gasteiger partial charge in [0.2, 0.25) is 0 Å². The van der Waals surface area contributed by atoms with E-state index in [1.807, 2.05) is 39.6 Å². The maximum absolute atomic E-state index is 13.3. The van der Waals surface area contributed by atoms with Crippen molar-refractivity contribution >= 4 is 33.0 Å².